The van der Waals surface area contributed by atoms with Gasteiger partial charge in [-0.3, -0.25) is 34.0 Å². The van der Waals surface area contributed by atoms with Gasteiger partial charge in [-0.25, -0.2) is 21.8 Å². The normalized spacial score (nSPS) is 12.9. The van der Waals surface area contributed by atoms with Crippen molar-refractivity contribution < 1.29 is 52.8 Å². The van der Waals surface area contributed by atoms with E-state index < -0.39 is 74.9 Å². The van der Waals surface area contributed by atoms with Crippen LogP contribution in [0.1, 0.15) is 78.7 Å². The summed E-state index contributed by atoms with van der Waals surface area (Å²) < 4.78 is 135. The van der Waals surface area contributed by atoms with Gasteiger partial charge >= 0.3 is 12.4 Å². The van der Waals surface area contributed by atoms with E-state index in [0.717, 1.165) is 36.5 Å². The predicted octanol–water partition coefficient (Wildman–Crippen LogP) is 11.1. The number of allylic oxidation sites excluding steroid dienone is 2. The molecule has 8 rings (SSSR count). The molecule has 2 N–H and O–H groups in total. The van der Waals surface area contributed by atoms with E-state index in [9.17, 15) is 52.8 Å². The first-order chi connectivity index (χ1) is 30.9. The number of carbonyl (C=O) groups is 2. The van der Waals surface area contributed by atoms with Crippen LogP contribution < -0.4 is 9.44 Å². The number of alkyl halides is 6. The molecular weight excluding hydrogens is 993 g/mol. The Labute approximate surface area is 393 Å². The Morgan fingerprint density at radius 1 is 0.597 bits per heavy atom. The molecule has 2 aliphatic carbocycles. The van der Waals surface area contributed by atoms with Crippen molar-refractivity contribution in [2.45, 2.75) is 49.3 Å². The van der Waals surface area contributed by atoms with E-state index >= 15 is 0 Å². The number of ketones is 2. The Hall–Kier alpha value is -6.19. The van der Waals surface area contributed by atoms with Gasteiger partial charge in [0.05, 0.1) is 58.7 Å². The van der Waals surface area contributed by atoms with Crippen LogP contribution >= 0.6 is 34.8 Å². The van der Waals surface area contributed by atoms with Gasteiger partial charge in [-0.05, 0) is 73.2 Å². The van der Waals surface area contributed by atoms with Gasteiger partial charge in [0.15, 0.2) is 0 Å². The maximum atomic E-state index is 13.3. The molecule has 0 spiro atoms. The maximum absolute atomic E-state index is 13.3. The van der Waals surface area contributed by atoms with Crippen molar-refractivity contribution >= 4 is 89.9 Å². The molecule has 4 heterocycles. The smallest absolute Gasteiger partial charge is 0.287 e. The fraction of sp³-hybridized carbons (Fsp3) is 0.136. The number of carbonyl (C=O) groups excluding carboxylic acids is 2. The van der Waals surface area contributed by atoms with E-state index in [2.05, 4.69) is 29.4 Å². The summed E-state index contributed by atoms with van der Waals surface area (Å²) in [6.07, 6.45) is 4.03. The lowest BCUT2D eigenvalue weighted by molar-refractivity contribution is -0.138. The van der Waals surface area contributed by atoms with Gasteiger partial charge < -0.3 is 0 Å². The van der Waals surface area contributed by atoms with Crippen LogP contribution in [-0.4, -0.2) is 48.3 Å². The molecule has 2 aromatic carbocycles. The number of anilines is 2. The minimum absolute atomic E-state index is 0. The summed E-state index contributed by atoms with van der Waals surface area (Å²) in [5, 5.41) is -1.27. The summed E-state index contributed by atoms with van der Waals surface area (Å²) in [4.78, 5) is 41.6. The highest BCUT2D eigenvalue weighted by Gasteiger charge is 2.36. The number of fused-ring (bicyclic) bond motifs is 2. The molecule has 0 unspecified atom stereocenters. The number of rotatable bonds is 10. The van der Waals surface area contributed by atoms with E-state index in [1.165, 1.54) is 36.8 Å². The van der Waals surface area contributed by atoms with Crippen LogP contribution in [0.2, 0.25) is 15.1 Å². The molecule has 6 aromatic rings. The van der Waals surface area contributed by atoms with Crippen molar-refractivity contribution in [1.29, 1.82) is 0 Å². The van der Waals surface area contributed by atoms with Crippen LogP contribution in [-0.2, 0) is 45.2 Å². The fourth-order valence-corrected chi connectivity index (χ4v) is 9.44. The zero-order chi connectivity index (χ0) is 47.9. The zero-order valence-corrected chi connectivity index (χ0v) is 37.2. The van der Waals surface area contributed by atoms with Crippen molar-refractivity contribution in [1.82, 2.24) is 19.9 Å². The van der Waals surface area contributed by atoms with Gasteiger partial charge in [-0.15, -0.1) is 0 Å². The minimum atomic E-state index is -4.86. The van der Waals surface area contributed by atoms with E-state index in [1.54, 1.807) is 19.1 Å². The number of nitrogens with one attached hydrogen (secondary N) is 2. The van der Waals surface area contributed by atoms with Crippen molar-refractivity contribution in [2.24, 2.45) is 0 Å². The molecule has 0 radical (unpaired) electrons. The first-order valence-corrected chi connectivity index (χ1v) is 22.8. The molecule has 2 aliphatic rings. The molecule has 4 aromatic heterocycles. The summed E-state index contributed by atoms with van der Waals surface area (Å²) in [5.74, 6) is -1.16. The number of aromatic nitrogens is 4. The molecule has 0 amide bonds. The second-order valence-electron chi connectivity index (χ2n) is 14.3. The molecule has 67 heavy (non-hydrogen) atoms. The Balaban J connectivity index is 0.000000218. The van der Waals surface area contributed by atoms with E-state index in [0.29, 0.717) is 53.1 Å². The highest BCUT2D eigenvalue weighted by atomic mass is 35.5. The van der Waals surface area contributed by atoms with E-state index in [-0.39, 0.29) is 46.3 Å². The van der Waals surface area contributed by atoms with Crippen molar-refractivity contribution in [3.8, 4) is 0 Å². The number of pyridine rings is 4. The number of nitrogens with zero attached hydrogens (tertiary/aromatic N) is 4. The first-order valence-electron chi connectivity index (χ1n) is 18.7. The first kappa shape index (κ1) is 50.2. The lowest BCUT2D eigenvalue weighted by Crippen LogP contribution is -2.18. The average Bonchev–Trinajstić information content (AvgIpc) is 3.93. The number of hydrogen-bond donors (Lipinski definition) is 2. The standard InChI is InChI=1S/C22H15ClF3N3O3S.C21H12Cl2F3N3O3S.CH4/c1-12-9-19(29-33(31,32)13-5-6-17(23)16(10-13)22(24,25)26)20(28-11-12)21(30)15-7-8-27-18-4-2-3-14(15)18;22-11-8-18(29-33(31,32)12-4-5-16(23)15(9-12)21(24,25)26)19(28-10-11)20(30)14-6-7-27-17-3-1-2-13(14)17;/h2-3,5-11,29H,4H2,1H3;1-2,4-10,29H,3H2;1H4. The molecule has 0 fully saturated rings. The molecule has 23 heteroatoms. The lowest BCUT2D eigenvalue weighted by Gasteiger charge is -2.15. The highest BCUT2D eigenvalue weighted by Crippen LogP contribution is 2.38. The topological polar surface area (TPSA) is 178 Å². The molecule has 0 saturated carbocycles. The Morgan fingerprint density at radius 3 is 1.45 bits per heavy atom. The molecular formula is C44H31Cl3F6N6O6S2. The van der Waals surface area contributed by atoms with Crippen LogP contribution in [0.3, 0.4) is 0 Å². The summed E-state index contributed by atoms with van der Waals surface area (Å²) in [5.41, 5.74) is 0.142. The molecule has 0 bridgehead atoms. The SMILES string of the molecule is C.Cc1cnc(C(=O)c2ccnc3c2C=CC3)c(NS(=O)(=O)c2ccc(Cl)c(C(F)(F)F)c2)c1.O=C(c1ccnc2c1C=CC2)c1ncc(Cl)cc1NS(=O)(=O)c1ccc(Cl)c(C(F)(F)F)c1. The molecule has 12 nitrogen and oxygen atoms in total. The van der Waals surface area contributed by atoms with Gasteiger partial charge in [0.2, 0.25) is 11.6 Å². The third-order valence-corrected chi connectivity index (χ3v) is 13.3. The summed E-state index contributed by atoms with van der Waals surface area (Å²) in [7, 11) is -9.07. The summed E-state index contributed by atoms with van der Waals surface area (Å²) in [6, 6.07) is 9.91. The zero-order valence-electron chi connectivity index (χ0n) is 33.3. The second-order valence-corrected chi connectivity index (χ2v) is 18.9. The summed E-state index contributed by atoms with van der Waals surface area (Å²) in [6.45, 7) is 1.63. The number of hydrogen-bond acceptors (Lipinski definition) is 10. The maximum Gasteiger partial charge on any atom is 0.417 e. The van der Waals surface area contributed by atoms with Crippen LogP contribution in [0, 0.1) is 6.92 Å². The van der Waals surface area contributed by atoms with Crippen molar-refractivity contribution in [2.75, 3.05) is 9.44 Å². The van der Waals surface area contributed by atoms with Crippen LogP contribution in [0.25, 0.3) is 12.2 Å². The fourth-order valence-electron chi connectivity index (χ4n) is 6.67. The highest BCUT2D eigenvalue weighted by molar-refractivity contribution is 7.93. The third-order valence-electron chi connectivity index (χ3n) is 9.73. The van der Waals surface area contributed by atoms with Gasteiger partial charge in [-0.2, -0.15) is 26.3 Å². The third kappa shape index (κ3) is 10.8. The average molecular weight is 1020 g/mol. The monoisotopic (exact) mass is 1020 g/mol. The van der Waals surface area contributed by atoms with E-state index in [4.69, 9.17) is 34.8 Å². The Bertz CT molecular complexity index is 3060. The lowest BCUT2D eigenvalue weighted by atomic mass is 10.0. The number of benzene rings is 2. The minimum Gasteiger partial charge on any atom is -0.287 e. The van der Waals surface area contributed by atoms with Crippen LogP contribution in [0.15, 0.2) is 107 Å². The van der Waals surface area contributed by atoms with Gasteiger partial charge in [0.1, 0.15) is 11.4 Å². The molecule has 0 aliphatic heterocycles. The quantitative estimate of drug-likeness (QED) is 0.0991. The molecule has 0 atom stereocenters. The Morgan fingerprint density at radius 2 is 1.01 bits per heavy atom. The van der Waals surface area contributed by atoms with Crippen molar-refractivity contribution in [3.05, 3.63) is 174 Å². The molecule has 0 saturated heterocycles. The predicted molar refractivity (Wildman–Crippen MR) is 240 cm³/mol. The number of aryl methyl sites for hydroxylation is 1. The number of halogens is 9. The Kier molecular flexibility index (Phi) is 14.4. The van der Waals surface area contributed by atoms with E-state index in [1.807, 2.05) is 12.2 Å². The molecule has 348 valence electrons. The largest absolute Gasteiger partial charge is 0.417 e. The van der Waals surface area contributed by atoms with Crippen molar-refractivity contribution in [3.63, 3.8) is 0 Å². The van der Waals surface area contributed by atoms with Gasteiger partial charge in [0, 0.05) is 59.9 Å². The van der Waals surface area contributed by atoms with Crippen LogP contribution in [0.5, 0.6) is 0 Å². The van der Waals surface area contributed by atoms with Gasteiger partial charge in [-0.1, -0.05) is 66.5 Å². The van der Waals surface area contributed by atoms with Gasteiger partial charge in [0.25, 0.3) is 20.0 Å². The number of sulfonamides is 2. The second kappa shape index (κ2) is 19.2. The summed E-state index contributed by atoms with van der Waals surface area (Å²) >= 11 is 17.1. The van der Waals surface area contributed by atoms with Crippen LogP contribution in [0.4, 0.5) is 37.7 Å².